The van der Waals surface area contributed by atoms with Gasteiger partial charge in [0.15, 0.2) is 0 Å². The Morgan fingerprint density at radius 1 is 1.17 bits per heavy atom. The largest absolute Gasteiger partial charge is 0.481 e. The van der Waals surface area contributed by atoms with E-state index in [4.69, 9.17) is 4.74 Å². The van der Waals surface area contributed by atoms with Crippen LogP contribution >= 0.6 is 15.9 Å². The minimum Gasteiger partial charge on any atom is -0.481 e. The normalized spacial score (nSPS) is 11.8. The highest BCUT2D eigenvalue weighted by Crippen LogP contribution is 2.31. The number of para-hydroxylation sites is 1. The highest BCUT2D eigenvalue weighted by Gasteiger charge is 2.24. The number of halogens is 2. The van der Waals surface area contributed by atoms with E-state index in [9.17, 15) is 19.3 Å². The molecule has 0 saturated heterocycles. The Hall–Kier alpha value is -3.92. The van der Waals surface area contributed by atoms with Crippen molar-refractivity contribution in [1.82, 2.24) is 9.66 Å². The van der Waals surface area contributed by atoms with Gasteiger partial charge >= 0.3 is 5.69 Å². The standard InChI is InChI=1S/C26H22BrFN4O4/c1-26(2,3)25-30-21-12-11-18(27)13-19(21)24(33)31(25)29-14-16-8-6-10-22(32(34)35)23(16)36-15-17-7-4-5-9-20(17)28/h4-14H,15H2,1-3H3. The lowest BCUT2D eigenvalue weighted by molar-refractivity contribution is -0.386. The maximum absolute atomic E-state index is 14.1. The number of rotatable bonds is 6. The molecule has 3 aromatic carbocycles. The summed E-state index contributed by atoms with van der Waals surface area (Å²) in [4.78, 5) is 29.1. The first kappa shape index (κ1) is 25.2. The predicted molar refractivity (Wildman–Crippen MR) is 139 cm³/mol. The zero-order chi connectivity index (χ0) is 26.0. The fourth-order valence-electron chi connectivity index (χ4n) is 3.57. The fourth-order valence-corrected chi connectivity index (χ4v) is 3.93. The Bertz CT molecular complexity index is 1560. The van der Waals surface area contributed by atoms with Crippen LogP contribution in [0.25, 0.3) is 10.9 Å². The summed E-state index contributed by atoms with van der Waals surface area (Å²) in [6.45, 7) is 5.49. The Balaban J connectivity index is 1.83. The van der Waals surface area contributed by atoms with Gasteiger partial charge in [-0.15, -0.1) is 0 Å². The van der Waals surface area contributed by atoms with Gasteiger partial charge in [-0.1, -0.05) is 61.0 Å². The van der Waals surface area contributed by atoms with Crippen LogP contribution in [0.3, 0.4) is 0 Å². The van der Waals surface area contributed by atoms with Crippen molar-refractivity contribution in [3.05, 3.63) is 108 Å². The number of hydrogen-bond acceptors (Lipinski definition) is 6. The van der Waals surface area contributed by atoms with Gasteiger partial charge in [0.25, 0.3) is 5.56 Å². The Morgan fingerprint density at radius 3 is 2.61 bits per heavy atom. The zero-order valence-electron chi connectivity index (χ0n) is 19.7. The molecule has 0 saturated carbocycles. The second-order valence-corrected chi connectivity index (χ2v) is 9.96. The van der Waals surface area contributed by atoms with Gasteiger partial charge in [0.1, 0.15) is 18.2 Å². The summed E-state index contributed by atoms with van der Waals surface area (Å²) in [6, 6.07) is 15.6. The number of ether oxygens (including phenoxy) is 1. The Kier molecular flexibility index (Phi) is 6.98. The average molecular weight is 553 g/mol. The molecule has 0 N–H and O–H groups in total. The van der Waals surface area contributed by atoms with E-state index < -0.39 is 16.2 Å². The van der Waals surface area contributed by atoms with Crippen LogP contribution in [0.15, 0.2) is 75.0 Å². The van der Waals surface area contributed by atoms with E-state index in [0.29, 0.717) is 16.7 Å². The van der Waals surface area contributed by atoms with Crippen LogP contribution < -0.4 is 10.3 Å². The van der Waals surface area contributed by atoms with Crippen LogP contribution in [0, 0.1) is 15.9 Å². The lowest BCUT2D eigenvalue weighted by atomic mass is 9.95. The van der Waals surface area contributed by atoms with Crippen LogP contribution in [0.4, 0.5) is 10.1 Å². The van der Waals surface area contributed by atoms with E-state index in [0.717, 1.165) is 4.47 Å². The van der Waals surface area contributed by atoms with Crippen molar-refractivity contribution in [2.75, 3.05) is 0 Å². The third-order valence-electron chi connectivity index (χ3n) is 5.34. The molecule has 0 aliphatic heterocycles. The minimum atomic E-state index is -0.587. The summed E-state index contributed by atoms with van der Waals surface area (Å²) >= 11 is 3.38. The van der Waals surface area contributed by atoms with E-state index >= 15 is 0 Å². The molecule has 1 heterocycles. The van der Waals surface area contributed by atoms with E-state index in [1.165, 1.54) is 35.2 Å². The summed E-state index contributed by atoms with van der Waals surface area (Å²) in [5.41, 5.74) is -0.203. The van der Waals surface area contributed by atoms with E-state index in [1.54, 1.807) is 36.4 Å². The number of nitrogens with zero attached hydrogens (tertiary/aromatic N) is 4. The monoisotopic (exact) mass is 552 g/mol. The topological polar surface area (TPSA) is 99.6 Å². The highest BCUT2D eigenvalue weighted by molar-refractivity contribution is 9.10. The van der Waals surface area contributed by atoms with E-state index in [-0.39, 0.29) is 34.7 Å². The predicted octanol–water partition coefficient (Wildman–Crippen LogP) is 5.97. The first-order valence-electron chi connectivity index (χ1n) is 11.0. The third-order valence-corrected chi connectivity index (χ3v) is 5.84. The molecule has 0 fully saturated rings. The molecule has 36 heavy (non-hydrogen) atoms. The molecule has 10 heteroatoms. The number of benzene rings is 3. The molecule has 0 spiro atoms. The average Bonchev–Trinajstić information content (AvgIpc) is 2.82. The van der Waals surface area contributed by atoms with Crippen molar-refractivity contribution in [2.24, 2.45) is 5.10 Å². The number of hydrogen-bond donors (Lipinski definition) is 0. The van der Waals surface area contributed by atoms with Crippen LogP contribution in [0.5, 0.6) is 5.75 Å². The summed E-state index contributed by atoms with van der Waals surface area (Å²) in [7, 11) is 0. The van der Waals surface area contributed by atoms with Gasteiger partial charge in [0.05, 0.1) is 22.0 Å². The van der Waals surface area contributed by atoms with Crippen LogP contribution in [-0.2, 0) is 12.0 Å². The molecule has 0 atom stereocenters. The molecule has 0 aliphatic rings. The third kappa shape index (κ3) is 5.18. The maximum Gasteiger partial charge on any atom is 0.311 e. The van der Waals surface area contributed by atoms with Crippen LogP contribution in [-0.4, -0.2) is 20.8 Å². The van der Waals surface area contributed by atoms with Gasteiger partial charge in [0, 0.05) is 27.1 Å². The number of fused-ring (bicyclic) bond motifs is 1. The van der Waals surface area contributed by atoms with Gasteiger partial charge in [-0.3, -0.25) is 14.9 Å². The molecule has 4 aromatic rings. The van der Waals surface area contributed by atoms with Gasteiger partial charge in [-0.05, 0) is 30.3 Å². The molecule has 0 unspecified atom stereocenters. The summed E-state index contributed by atoms with van der Waals surface area (Å²) in [5, 5.41) is 16.4. The molecule has 0 amide bonds. The first-order valence-corrected chi connectivity index (χ1v) is 11.8. The number of aromatic nitrogens is 2. The van der Waals surface area contributed by atoms with Crippen LogP contribution in [0.2, 0.25) is 0 Å². The summed E-state index contributed by atoms with van der Waals surface area (Å²) in [5.74, 6) is -0.157. The van der Waals surface area contributed by atoms with Gasteiger partial charge < -0.3 is 4.74 Å². The van der Waals surface area contributed by atoms with Gasteiger partial charge in [-0.25, -0.2) is 9.37 Å². The Labute approximate surface area is 214 Å². The van der Waals surface area contributed by atoms with E-state index in [1.807, 2.05) is 20.8 Å². The quantitative estimate of drug-likeness (QED) is 0.167. The molecule has 4 rings (SSSR count). The minimum absolute atomic E-state index is 0.0867. The maximum atomic E-state index is 14.1. The molecular formula is C26H22BrFN4O4. The zero-order valence-corrected chi connectivity index (χ0v) is 21.3. The highest BCUT2D eigenvalue weighted by atomic mass is 79.9. The van der Waals surface area contributed by atoms with Crippen molar-refractivity contribution in [1.29, 1.82) is 0 Å². The van der Waals surface area contributed by atoms with Gasteiger partial charge in [-0.2, -0.15) is 9.78 Å². The van der Waals surface area contributed by atoms with Crippen LogP contribution in [0.1, 0.15) is 37.7 Å². The molecule has 8 nitrogen and oxygen atoms in total. The van der Waals surface area contributed by atoms with Gasteiger partial charge in [0.2, 0.25) is 5.75 Å². The lowest BCUT2D eigenvalue weighted by Crippen LogP contribution is -2.29. The second-order valence-electron chi connectivity index (χ2n) is 9.04. The van der Waals surface area contributed by atoms with E-state index in [2.05, 4.69) is 26.0 Å². The molecule has 1 aromatic heterocycles. The van der Waals surface area contributed by atoms with Crippen molar-refractivity contribution in [3.63, 3.8) is 0 Å². The first-order chi connectivity index (χ1) is 17.1. The van der Waals surface area contributed by atoms with Crippen molar-refractivity contribution >= 4 is 38.7 Å². The SMILES string of the molecule is CC(C)(C)c1nc2ccc(Br)cc2c(=O)n1N=Cc1cccc([N+](=O)[O-])c1OCc1ccccc1F. The number of nitro groups is 1. The molecule has 184 valence electrons. The van der Waals surface area contributed by atoms with Crippen molar-refractivity contribution in [3.8, 4) is 5.75 Å². The molecule has 0 radical (unpaired) electrons. The second kappa shape index (κ2) is 9.98. The Morgan fingerprint density at radius 2 is 1.92 bits per heavy atom. The smallest absolute Gasteiger partial charge is 0.311 e. The molecule has 0 aliphatic carbocycles. The lowest BCUT2D eigenvalue weighted by Gasteiger charge is -2.21. The summed E-state index contributed by atoms with van der Waals surface area (Å²) in [6.07, 6.45) is 1.31. The van der Waals surface area contributed by atoms with Crippen molar-refractivity contribution in [2.45, 2.75) is 32.8 Å². The fraction of sp³-hybridized carbons (Fsp3) is 0.192. The molecule has 0 bridgehead atoms. The molecular weight excluding hydrogens is 531 g/mol. The summed E-state index contributed by atoms with van der Waals surface area (Å²) < 4.78 is 21.7. The number of nitro benzene ring substituents is 1. The van der Waals surface area contributed by atoms with Crippen molar-refractivity contribution < 1.29 is 14.1 Å².